The molecule has 1 amide bonds. The van der Waals surface area contributed by atoms with Gasteiger partial charge in [-0.2, -0.15) is 0 Å². The summed E-state index contributed by atoms with van der Waals surface area (Å²) in [6.07, 6.45) is 0. The first kappa shape index (κ1) is 19.1. The summed E-state index contributed by atoms with van der Waals surface area (Å²) in [5, 5.41) is 0.977. The molecule has 148 valence electrons. The molecule has 0 bridgehead atoms. The van der Waals surface area contributed by atoms with E-state index in [1.54, 1.807) is 35.2 Å². The zero-order valence-electron chi connectivity index (χ0n) is 15.6. The SMILES string of the molecule is O=C1c2oc3ccc(Br)cc3c(=O)c2C(c2cccc(Cl)c2)N1Cc1ccccc1. The molecule has 4 nitrogen and oxygen atoms in total. The summed E-state index contributed by atoms with van der Waals surface area (Å²) in [5.41, 5.74) is 2.27. The number of hydrogen-bond donors (Lipinski definition) is 0. The van der Waals surface area contributed by atoms with E-state index in [0.717, 1.165) is 15.6 Å². The van der Waals surface area contributed by atoms with Gasteiger partial charge >= 0.3 is 0 Å². The highest BCUT2D eigenvalue weighted by Gasteiger charge is 2.42. The highest BCUT2D eigenvalue weighted by Crippen LogP contribution is 2.39. The van der Waals surface area contributed by atoms with Crippen molar-refractivity contribution in [3.8, 4) is 0 Å². The van der Waals surface area contributed by atoms with Crippen LogP contribution < -0.4 is 5.43 Å². The molecule has 6 heteroatoms. The molecule has 1 atom stereocenters. The van der Waals surface area contributed by atoms with E-state index in [1.807, 2.05) is 42.5 Å². The Hall–Kier alpha value is -2.89. The second-order valence-electron chi connectivity index (χ2n) is 7.19. The Kier molecular flexibility index (Phi) is 4.72. The van der Waals surface area contributed by atoms with Crippen molar-refractivity contribution < 1.29 is 9.21 Å². The molecule has 1 unspecified atom stereocenters. The van der Waals surface area contributed by atoms with E-state index >= 15 is 0 Å². The van der Waals surface area contributed by atoms with E-state index in [1.165, 1.54) is 0 Å². The van der Waals surface area contributed by atoms with Gasteiger partial charge < -0.3 is 9.32 Å². The van der Waals surface area contributed by atoms with Gasteiger partial charge in [0.1, 0.15) is 5.58 Å². The van der Waals surface area contributed by atoms with Crippen LogP contribution in [0.5, 0.6) is 0 Å². The first-order valence-corrected chi connectivity index (χ1v) is 10.6. The standard InChI is InChI=1S/C24H15BrClNO3/c25-16-9-10-19-18(12-16)22(28)20-21(15-7-4-8-17(26)11-15)27(24(29)23(20)30-19)13-14-5-2-1-3-6-14/h1-12,21H,13H2. The van der Waals surface area contributed by atoms with Crippen molar-refractivity contribution in [1.29, 1.82) is 0 Å². The van der Waals surface area contributed by atoms with E-state index in [9.17, 15) is 9.59 Å². The smallest absolute Gasteiger partial charge is 0.291 e. The number of halogens is 2. The second kappa shape index (κ2) is 7.42. The summed E-state index contributed by atoms with van der Waals surface area (Å²) in [7, 11) is 0. The van der Waals surface area contributed by atoms with Gasteiger partial charge in [0.05, 0.1) is 17.0 Å². The van der Waals surface area contributed by atoms with Gasteiger partial charge in [-0.1, -0.05) is 70.0 Å². The minimum absolute atomic E-state index is 0.0933. The summed E-state index contributed by atoms with van der Waals surface area (Å²) >= 11 is 9.65. The number of rotatable bonds is 3. The zero-order chi connectivity index (χ0) is 20.8. The molecule has 4 aromatic rings. The second-order valence-corrected chi connectivity index (χ2v) is 8.54. The summed E-state index contributed by atoms with van der Waals surface area (Å²) < 4.78 is 6.73. The topological polar surface area (TPSA) is 50.5 Å². The number of carbonyl (C=O) groups is 1. The lowest BCUT2D eigenvalue weighted by Gasteiger charge is -2.25. The third-order valence-corrected chi connectivity index (χ3v) is 6.02. The van der Waals surface area contributed by atoms with Crippen LogP contribution in [0, 0.1) is 0 Å². The molecule has 3 aromatic carbocycles. The van der Waals surface area contributed by atoms with Gasteiger partial charge in [-0.25, -0.2) is 0 Å². The van der Waals surface area contributed by atoms with Crippen LogP contribution in [0.15, 0.2) is 86.5 Å². The normalized spacial score (nSPS) is 15.6. The Morgan fingerprint density at radius 3 is 2.53 bits per heavy atom. The highest BCUT2D eigenvalue weighted by molar-refractivity contribution is 9.10. The minimum atomic E-state index is -0.578. The fraction of sp³-hybridized carbons (Fsp3) is 0.0833. The Morgan fingerprint density at radius 1 is 0.967 bits per heavy atom. The monoisotopic (exact) mass is 479 g/mol. The van der Waals surface area contributed by atoms with Crippen LogP contribution in [-0.2, 0) is 6.54 Å². The molecular weight excluding hydrogens is 466 g/mol. The number of hydrogen-bond acceptors (Lipinski definition) is 3. The number of benzene rings is 3. The zero-order valence-corrected chi connectivity index (χ0v) is 18.0. The van der Waals surface area contributed by atoms with Crippen molar-refractivity contribution >= 4 is 44.4 Å². The van der Waals surface area contributed by atoms with Crippen LogP contribution in [0.4, 0.5) is 0 Å². The lowest BCUT2D eigenvalue weighted by molar-refractivity contribution is 0.0714. The maximum Gasteiger partial charge on any atom is 0.291 e. The Bertz CT molecular complexity index is 1350. The first-order valence-electron chi connectivity index (χ1n) is 9.39. The molecule has 0 aliphatic carbocycles. The molecule has 1 aliphatic heterocycles. The van der Waals surface area contributed by atoms with Gasteiger partial charge in [0.15, 0.2) is 5.43 Å². The average molecular weight is 481 g/mol. The Morgan fingerprint density at radius 2 is 1.77 bits per heavy atom. The minimum Gasteiger partial charge on any atom is -0.450 e. The van der Waals surface area contributed by atoms with Crippen LogP contribution in [-0.4, -0.2) is 10.8 Å². The van der Waals surface area contributed by atoms with Crippen LogP contribution >= 0.6 is 27.5 Å². The Labute approximate surface area is 185 Å². The third kappa shape index (κ3) is 3.15. The van der Waals surface area contributed by atoms with Gasteiger partial charge in [0, 0.05) is 16.0 Å². The number of nitrogens with zero attached hydrogens (tertiary/aromatic N) is 1. The van der Waals surface area contributed by atoms with Crippen molar-refractivity contribution in [3.05, 3.63) is 115 Å². The number of carbonyl (C=O) groups excluding carboxylic acids is 1. The summed E-state index contributed by atoms with van der Waals surface area (Å²) in [5.74, 6) is -0.212. The molecule has 0 fully saturated rings. The van der Waals surface area contributed by atoms with E-state index in [0.29, 0.717) is 28.1 Å². The van der Waals surface area contributed by atoms with Gasteiger partial charge in [0.25, 0.3) is 5.91 Å². The van der Waals surface area contributed by atoms with Crippen molar-refractivity contribution in [2.75, 3.05) is 0 Å². The van der Waals surface area contributed by atoms with Crippen molar-refractivity contribution in [2.45, 2.75) is 12.6 Å². The molecule has 5 rings (SSSR count). The first-order chi connectivity index (χ1) is 14.5. The quantitative estimate of drug-likeness (QED) is 0.364. The predicted octanol–water partition coefficient (Wildman–Crippen LogP) is 5.95. The molecule has 2 heterocycles. The molecule has 1 aliphatic rings. The molecule has 0 N–H and O–H groups in total. The number of amides is 1. The highest BCUT2D eigenvalue weighted by atomic mass is 79.9. The fourth-order valence-electron chi connectivity index (χ4n) is 3.96. The average Bonchev–Trinajstić information content (AvgIpc) is 3.02. The maximum atomic E-state index is 13.5. The molecule has 0 radical (unpaired) electrons. The van der Waals surface area contributed by atoms with Gasteiger partial charge in [-0.3, -0.25) is 9.59 Å². The van der Waals surface area contributed by atoms with Crippen molar-refractivity contribution in [2.24, 2.45) is 0 Å². The molecule has 0 saturated carbocycles. The van der Waals surface area contributed by atoms with Crippen molar-refractivity contribution in [1.82, 2.24) is 4.90 Å². The van der Waals surface area contributed by atoms with E-state index in [-0.39, 0.29) is 17.1 Å². The number of fused-ring (bicyclic) bond motifs is 2. The van der Waals surface area contributed by atoms with E-state index in [2.05, 4.69) is 15.9 Å². The van der Waals surface area contributed by atoms with Gasteiger partial charge in [0.2, 0.25) is 5.76 Å². The molecule has 30 heavy (non-hydrogen) atoms. The maximum absolute atomic E-state index is 13.5. The molecule has 0 saturated heterocycles. The molecular formula is C24H15BrClNO3. The van der Waals surface area contributed by atoms with Crippen LogP contribution in [0.2, 0.25) is 5.02 Å². The fourth-order valence-corrected chi connectivity index (χ4v) is 4.52. The Balaban J connectivity index is 1.75. The van der Waals surface area contributed by atoms with Gasteiger partial charge in [-0.05, 0) is 41.5 Å². The lowest BCUT2D eigenvalue weighted by Crippen LogP contribution is -2.29. The van der Waals surface area contributed by atoms with E-state index in [4.69, 9.17) is 16.0 Å². The van der Waals surface area contributed by atoms with Crippen LogP contribution in [0.1, 0.15) is 33.3 Å². The summed E-state index contributed by atoms with van der Waals surface area (Å²) in [6, 6.07) is 21.6. The molecule has 1 aromatic heterocycles. The van der Waals surface area contributed by atoms with Gasteiger partial charge in [-0.15, -0.1) is 0 Å². The summed E-state index contributed by atoms with van der Waals surface area (Å²) in [6.45, 7) is 0.348. The van der Waals surface area contributed by atoms with Crippen LogP contribution in [0.25, 0.3) is 11.0 Å². The van der Waals surface area contributed by atoms with Crippen LogP contribution in [0.3, 0.4) is 0 Å². The lowest BCUT2D eigenvalue weighted by atomic mass is 9.98. The largest absolute Gasteiger partial charge is 0.450 e. The van der Waals surface area contributed by atoms with E-state index < -0.39 is 6.04 Å². The van der Waals surface area contributed by atoms with Crippen molar-refractivity contribution in [3.63, 3.8) is 0 Å². The predicted molar refractivity (Wildman–Crippen MR) is 120 cm³/mol. The summed E-state index contributed by atoms with van der Waals surface area (Å²) in [4.78, 5) is 28.5. The molecule has 0 spiro atoms. The third-order valence-electron chi connectivity index (χ3n) is 5.29.